The molecule has 0 saturated heterocycles. The lowest BCUT2D eigenvalue weighted by Gasteiger charge is -2.22. The topological polar surface area (TPSA) is 48.2 Å². The molecule has 0 N–H and O–H groups in total. The minimum absolute atomic E-state index is 0.217. The van der Waals surface area contributed by atoms with Gasteiger partial charge in [-0.15, -0.1) is 21.8 Å². The fourth-order valence-electron chi connectivity index (χ4n) is 1.63. The number of aromatic nitrogens is 2. The summed E-state index contributed by atoms with van der Waals surface area (Å²) < 4.78 is 26.2. The Bertz CT molecular complexity index is 603. The molecule has 0 saturated carbocycles. The summed E-state index contributed by atoms with van der Waals surface area (Å²) in [5, 5.41) is 8.17. The van der Waals surface area contributed by atoms with Gasteiger partial charge in [-0.2, -0.15) is 0 Å². The van der Waals surface area contributed by atoms with E-state index in [1.807, 2.05) is 22.6 Å². The third-order valence-electron chi connectivity index (χ3n) is 2.92. The zero-order chi connectivity index (χ0) is 15.5. The third kappa shape index (κ3) is 4.17. The van der Waals surface area contributed by atoms with E-state index in [0.717, 1.165) is 0 Å². The second kappa shape index (κ2) is 7.38. The molecule has 2 aromatic rings. The Kier molecular flexibility index (Phi) is 6.03. The quantitative estimate of drug-likeness (QED) is 0.261. The molecule has 0 amide bonds. The van der Waals surface area contributed by atoms with Gasteiger partial charge in [0, 0.05) is 16.6 Å². The van der Waals surface area contributed by atoms with E-state index in [2.05, 4.69) is 26.1 Å². The third-order valence-corrected chi connectivity index (χ3v) is 10.0. The van der Waals surface area contributed by atoms with Gasteiger partial charge in [-0.25, -0.2) is 0 Å². The molecule has 114 valence electrons. The first-order valence-corrected chi connectivity index (χ1v) is 11.1. The van der Waals surface area contributed by atoms with Gasteiger partial charge in [0.1, 0.15) is 16.1 Å². The van der Waals surface area contributed by atoms with Crippen molar-refractivity contribution in [2.24, 2.45) is 0 Å². The molecular formula is C12H12BrClFIN2O2Si. The highest BCUT2D eigenvalue weighted by molar-refractivity contribution is 14.1. The fraction of sp³-hybridized carbons (Fsp3) is 0.333. The molecule has 0 fully saturated rings. The molecule has 4 nitrogen and oxygen atoms in total. The summed E-state index contributed by atoms with van der Waals surface area (Å²) in [6.07, 6.45) is 1.56. The molecule has 2 unspecified atom stereocenters. The van der Waals surface area contributed by atoms with Crippen LogP contribution in [0.3, 0.4) is 0 Å². The fourth-order valence-corrected chi connectivity index (χ4v) is 7.13. The number of nitrogens with zero attached hydrogens (tertiary/aromatic N) is 2. The standard InChI is InChI=1S/C12H12BrClFIN2O2Si/c1-21(15,10(14)6-13)9-5-11(17-18-12(9)16)20-7-8-3-2-4-19-8/h2-5,10H,6-7H2,1H3. The molecule has 0 radical (unpaired) electrons. The van der Waals surface area contributed by atoms with Crippen LogP contribution >= 0.6 is 50.1 Å². The molecule has 2 aromatic heterocycles. The van der Waals surface area contributed by atoms with Crippen LogP contribution in [-0.2, 0) is 6.61 Å². The molecule has 2 heterocycles. The minimum Gasteiger partial charge on any atom is -0.468 e. The Balaban J connectivity index is 2.20. The number of halogens is 4. The highest BCUT2D eigenvalue weighted by Crippen LogP contribution is 2.22. The molecule has 0 aromatic carbocycles. The van der Waals surface area contributed by atoms with Crippen LogP contribution in [0, 0.1) is 3.70 Å². The van der Waals surface area contributed by atoms with Gasteiger partial charge in [0.2, 0.25) is 5.88 Å². The SMILES string of the molecule is C[Si](F)(c1cc(OCc2ccco2)nnc1I)C(Cl)CBr. The van der Waals surface area contributed by atoms with Crippen molar-refractivity contribution >= 4 is 63.7 Å². The molecule has 21 heavy (non-hydrogen) atoms. The normalized spacial score (nSPS) is 15.5. The molecule has 2 rings (SSSR count). The lowest BCUT2D eigenvalue weighted by molar-refractivity contribution is 0.258. The Morgan fingerprint density at radius 3 is 2.95 bits per heavy atom. The molecular weight excluding hydrogens is 493 g/mol. The van der Waals surface area contributed by atoms with Crippen LogP contribution in [0.15, 0.2) is 28.9 Å². The summed E-state index contributed by atoms with van der Waals surface area (Å²) in [4.78, 5) is 0. The Morgan fingerprint density at radius 1 is 1.57 bits per heavy atom. The van der Waals surface area contributed by atoms with E-state index in [9.17, 15) is 0 Å². The predicted octanol–water partition coefficient (Wildman–Crippen LogP) is 3.55. The molecule has 0 aliphatic rings. The van der Waals surface area contributed by atoms with Crippen LogP contribution in [0.2, 0.25) is 6.55 Å². The van der Waals surface area contributed by atoms with Crippen LogP contribution in [-0.4, -0.2) is 28.9 Å². The monoisotopic (exact) mass is 504 g/mol. The van der Waals surface area contributed by atoms with Crippen LogP contribution in [0.25, 0.3) is 0 Å². The van der Waals surface area contributed by atoms with E-state index in [-0.39, 0.29) is 12.5 Å². The largest absolute Gasteiger partial charge is 0.468 e. The summed E-state index contributed by atoms with van der Waals surface area (Å²) in [5.74, 6) is 0.921. The highest BCUT2D eigenvalue weighted by Gasteiger charge is 2.41. The lowest BCUT2D eigenvalue weighted by atomic mass is 10.5. The second-order valence-corrected chi connectivity index (χ2v) is 10.4. The summed E-state index contributed by atoms with van der Waals surface area (Å²) in [7, 11) is -3.35. The van der Waals surface area contributed by atoms with Gasteiger partial charge in [-0.3, -0.25) is 0 Å². The zero-order valence-electron chi connectivity index (χ0n) is 11.0. The van der Waals surface area contributed by atoms with Crippen molar-refractivity contribution in [1.82, 2.24) is 10.2 Å². The summed E-state index contributed by atoms with van der Waals surface area (Å²) in [6.45, 7) is 1.77. The van der Waals surface area contributed by atoms with Gasteiger partial charge in [-0.1, -0.05) is 15.9 Å². The van der Waals surface area contributed by atoms with Gasteiger partial charge in [0.15, 0.2) is 0 Å². The van der Waals surface area contributed by atoms with Gasteiger partial charge in [0.05, 0.1) is 11.3 Å². The van der Waals surface area contributed by atoms with Gasteiger partial charge < -0.3 is 13.3 Å². The van der Waals surface area contributed by atoms with Crippen LogP contribution in [0.1, 0.15) is 5.76 Å². The van der Waals surface area contributed by atoms with Crippen LogP contribution < -0.4 is 9.92 Å². The van der Waals surface area contributed by atoms with Crippen molar-refractivity contribution in [3.63, 3.8) is 0 Å². The van der Waals surface area contributed by atoms with Gasteiger partial charge in [-0.05, 0) is 41.3 Å². The van der Waals surface area contributed by atoms with Crippen molar-refractivity contribution in [3.05, 3.63) is 33.9 Å². The van der Waals surface area contributed by atoms with Crippen LogP contribution in [0.5, 0.6) is 5.88 Å². The first-order valence-electron chi connectivity index (χ1n) is 6.03. The summed E-state index contributed by atoms with van der Waals surface area (Å²) >= 11 is 11.3. The van der Waals surface area contributed by atoms with E-state index in [0.29, 0.717) is 20.0 Å². The van der Waals surface area contributed by atoms with Crippen molar-refractivity contribution in [2.75, 3.05) is 5.33 Å². The molecule has 9 heteroatoms. The maximum atomic E-state index is 15.0. The first-order chi connectivity index (χ1) is 9.95. The van der Waals surface area contributed by atoms with Crippen molar-refractivity contribution in [1.29, 1.82) is 0 Å². The van der Waals surface area contributed by atoms with Crippen LogP contribution in [0.4, 0.5) is 4.11 Å². The average Bonchev–Trinajstić information content (AvgIpc) is 2.98. The van der Waals surface area contributed by atoms with Gasteiger partial charge in [0.25, 0.3) is 8.41 Å². The summed E-state index contributed by atoms with van der Waals surface area (Å²) in [5.41, 5.74) is 0. The predicted molar refractivity (Wildman–Crippen MR) is 93.6 cm³/mol. The highest BCUT2D eigenvalue weighted by atomic mass is 127. The maximum Gasteiger partial charge on any atom is 0.295 e. The van der Waals surface area contributed by atoms with E-state index >= 15 is 4.11 Å². The van der Waals surface area contributed by atoms with Crippen molar-refractivity contribution in [3.8, 4) is 5.88 Å². The Labute approximate surface area is 149 Å². The summed E-state index contributed by atoms with van der Waals surface area (Å²) in [6, 6.07) is 5.14. The molecule has 0 aliphatic heterocycles. The molecule has 0 bridgehead atoms. The number of hydrogen-bond acceptors (Lipinski definition) is 4. The average molecular weight is 506 g/mol. The molecule has 0 spiro atoms. The minimum atomic E-state index is -3.35. The molecule has 0 aliphatic carbocycles. The second-order valence-electron chi connectivity index (χ2n) is 4.45. The van der Waals surface area contributed by atoms with E-state index in [4.69, 9.17) is 20.8 Å². The van der Waals surface area contributed by atoms with E-state index in [1.54, 1.807) is 31.0 Å². The van der Waals surface area contributed by atoms with Crippen molar-refractivity contribution in [2.45, 2.75) is 18.2 Å². The Hall–Kier alpha value is -0.193. The molecule has 2 atom stereocenters. The number of alkyl halides is 2. The zero-order valence-corrected chi connectivity index (χ0v) is 16.5. The van der Waals surface area contributed by atoms with Crippen molar-refractivity contribution < 1.29 is 13.3 Å². The van der Waals surface area contributed by atoms with Gasteiger partial charge >= 0.3 is 0 Å². The lowest BCUT2D eigenvalue weighted by Crippen LogP contribution is -2.51. The number of ether oxygens (including phenoxy) is 1. The number of rotatable bonds is 6. The van der Waals surface area contributed by atoms with E-state index < -0.39 is 13.4 Å². The maximum absolute atomic E-state index is 15.0. The Morgan fingerprint density at radius 2 is 2.33 bits per heavy atom. The number of hydrogen-bond donors (Lipinski definition) is 0. The first kappa shape index (κ1) is 17.2. The van der Waals surface area contributed by atoms with E-state index in [1.165, 1.54) is 0 Å². The number of furan rings is 1. The smallest absolute Gasteiger partial charge is 0.295 e.